The van der Waals surface area contributed by atoms with Gasteiger partial charge in [-0.05, 0) is 24.6 Å². The molecular formula is C11H8ClNO2. The molecule has 0 fully saturated rings. The van der Waals surface area contributed by atoms with Gasteiger partial charge in [-0.3, -0.25) is 9.59 Å². The van der Waals surface area contributed by atoms with Gasteiger partial charge in [0.1, 0.15) is 0 Å². The van der Waals surface area contributed by atoms with Gasteiger partial charge < -0.3 is 4.98 Å². The van der Waals surface area contributed by atoms with Gasteiger partial charge >= 0.3 is 0 Å². The lowest BCUT2D eigenvalue weighted by molar-refractivity contribution is 0.108. The largest absolute Gasteiger partial charge is 0.322 e. The molecule has 0 radical (unpaired) electrons. The molecule has 1 aromatic carbocycles. The fourth-order valence-electron chi connectivity index (χ4n) is 1.60. The van der Waals surface area contributed by atoms with Crippen molar-refractivity contribution in [3.05, 3.63) is 45.7 Å². The summed E-state index contributed by atoms with van der Waals surface area (Å²) in [4.78, 5) is 25.4. The zero-order valence-electron chi connectivity index (χ0n) is 8.00. The Morgan fingerprint density at radius 1 is 1.33 bits per heavy atom. The van der Waals surface area contributed by atoms with E-state index in [1.807, 2.05) is 0 Å². The second kappa shape index (κ2) is 3.51. The topological polar surface area (TPSA) is 49.9 Å². The molecule has 0 aliphatic carbocycles. The van der Waals surface area contributed by atoms with Crippen LogP contribution in [0.2, 0.25) is 0 Å². The summed E-state index contributed by atoms with van der Waals surface area (Å²) < 4.78 is 0. The van der Waals surface area contributed by atoms with Crippen molar-refractivity contribution >= 4 is 27.7 Å². The number of benzene rings is 1. The molecule has 0 atom stereocenters. The van der Waals surface area contributed by atoms with E-state index < -0.39 is 5.24 Å². The van der Waals surface area contributed by atoms with Gasteiger partial charge in [0, 0.05) is 16.5 Å². The smallest absolute Gasteiger partial charge is 0.253 e. The molecule has 0 amide bonds. The van der Waals surface area contributed by atoms with Crippen LogP contribution in [-0.4, -0.2) is 10.2 Å². The Kier molecular flexibility index (Phi) is 2.32. The second-order valence-corrected chi connectivity index (χ2v) is 3.62. The van der Waals surface area contributed by atoms with E-state index in [2.05, 4.69) is 4.98 Å². The number of carbonyl (C=O) groups excluding carboxylic acids is 1. The molecule has 4 heteroatoms. The Morgan fingerprint density at radius 2 is 2.00 bits per heavy atom. The SMILES string of the molecule is Cc1c(C(=O)Cl)c2ccccc2[nH]c1=O. The Balaban J connectivity index is 3.02. The van der Waals surface area contributed by atoms with Crippen LogP contribution in [0.5, 0.6) is 0 Å². The maximum atomic E-state index is 11.5. The molecule has 0 aliphatic heterocycles. The van der Waals surface area contributed by atoms with Gasteiger partial charge in [0.05, 0.1) is 5.56 Å². The number of nitrogens with one attached hydrogen (secondary N) is 1. The molecular weight excluding hydrogens is 214 g/mol. The van der Waals surface area contributed by atoms with Crippen molar-refractivity contribution in [2.45, 2.75) is 6.92 Å². The van der Waals surface area contributed by atoms with E-state index in [0.29, 0.717) is 16.5 Å². The van der Waals surface area contributed by atoms with Crippen LogP contribution >= 0.6 is 11.6 Å². The van der Waals surface area contributed by atoms with E-state index in [-0.39, 0.29) is 11.1 Å². The lowest BCUT2D eigenvalue weighted by Gasteiger charge is -2.04. The van der Waals surface area contributed by atoms with Gasteiger partial charge in [0.2, 0.25) is 0 Å². The number of halogens is 1. The van der Waals surface area contributed by atoms with Crippen LogP contribution in [0.4, 0.5) is 0 Å². The molecule has 1 aromatic heterocycles. The minimum absolute atomic E-state index is 0.280. The number of aromatic amines is 1. The van der Waals surface area contributed by atoms with E-state index in [4.69, 9.17) is 11.6 Å². The molecule has 0 spiro atoms. The fraction of sp³-hybridized carbons (Fsp3) is 0.0909. The summed E-state index contributed by atoms with van der Waals surface area (Å²) in [5.74, 6) is 0. The molecule has 0 aliphatic rings. The van der Waals surface area contributed by atoms with Crippen LogP contribution in [0, 0.1) is 6.92 Å². The number of carbonyl (C=O) groups is 1. The molecule has 3 nitrogen and oxygen atoms in total. The highest BCUT2D eigenvalue weighted by Gasteiger charge is 2.13. The third-order valence-electron chi connectivity index (χ3n) is 2.36. The van der Waals surface area contributed by atoms with Crippen molar-refractivity contribution in [3.63, 3.8) is 0 Å². The molecule has 0 saturated heterocycles. The van der Waals surface area contributed by atoms with Gasteiger partial charge in [0.15, 0.2) is 0 Å². The molecule has 1 N–H and O–H groups in total. The maximum Gasteiger partial charge on any atom is 0.253 e. The van der Waals surface area contributed by atoms with Gasteiger partial charge in [-0.25, -0.2) is 0 Å². The van der Waals surface area contributed by atoms with Gasteiger partial charge in [-0.1, -0.05) is 18.2 Å². The lowest BCUT2D eigenvalue weighted by atomic mass is 10.1. The Hall–Kier alpha value is -1.61. The third kappa shape index (κ3) is 1.55. The summed E-state index contributed by atoms with van der Waals surface area (Å²) in [7, 11) is 0. The first kappa shape index (κ1) is 9.93. The molecule has 2 rings (SSSR count). The average Bonchev–Trinajstić information content (AvgIpc) is 2.19. The Morgan fingerprint density at radius 3 is 2.67 bits per heavy atom. The first-order chi connectivity index (χ1) is 7.11. The molecule has 0 unspecified atom stereocenters. The van der Waals surface area contributed by atoms with Crippen molar-refractivity contribution in [2.75, 3.05) is 0 Å². The number of para-hydroxylation sites is 1. The number of aromatic nitrogens is 1. The molecule has 76 valence electrons. The van der Waals surface area contributed by atoms with Crippen LogP contribution in [0.3, 0.4) is 0 Å². The van der Waals surface area contributed by atoms with E-state index in [1.54, 1.807) is 31.2 Å². The lowest BCUT2D eigenvalue weighted by Crippen LogP contribution is -2.14. The van der Waals surface area contributed by atoms with Gasteiger partial charge in [-0.2, -0.15) is 0 Å². The quantitative estimate of drug-likeness (QED) is 0.751. The minimum Gasteiger partial charge on any atom is -0.322 e. The van der Waals surface area contributed by atoms with Crippen LogP contribution in [0.15, 0.2) is 29.1 Å². The van der Waals surface area contributed by atoms with Crippen molar-refractivity contribution < 1.29 is 4.79 Å². The normalized spacial score (nSPS) is 10.5. The van der Waals surface area contributed by atoms with Crippen LogP contribution in [-0.2, 0) is 0 Å². The maximum absolute atomic E-state index is 11.5. The summed E-state index contributed by atoms with van der Waals surface area (Å²) in [5, 5.41) is 0.0735. The highest BCUT2D eigenvalue weighted by atomic mass is 35.5. The second-order valence-electron chi connectivity index (χ2n) is 3.27. The van der Waals surface area contributed by atoms with Crippen molar-refractivity contribution in [1.29, 1.82) is 0 Å². The number of hydrogen-bond acceptors (Lipinski definition) is 2. The van der Waals surface area contributed by atoms with Crippen molar-refractivity contribution in [2.24, 2.45) is 0 Å². The minimum atomic E-state index is -0.602. The first-order valence-corrected chi connectivity index (χ1v) is 4.80. The summed E-state index contributed by atoms with van der Waals surface area (Å²) in [6.07, 6.45) is 0. The van der Waals surface area contributed by atoms with Crippen LogP contribution in [0.1, 0.15) is 15.9 Å². The van der Waals surface area contributed by atoms with E-state index in [1.165, 1.54) is 0 Å². The molecule has 0 bridgehead atoms. The molecule has 15 heavy (non-hydrogen) atoms. The predicted octanol–water partition coefficient (Wildman–Crippen LogP) is 2.22. The number of hydrogen-bond donors (Lipinski definition) is 1. The van der Waals surface area contributed by atoms with E-state index in [9.17, 15) is 9.59 Å². The molecule has 1 heterocycles. The number of fused-ring (bicyclic) bond motifs is 1. The zero-order chi connectivity index (χ0) is 11.0. The Bertz CT molecular complexity index is 601. The van der Waals surface area contributed by atoms with E-state index in [0.717, 1.165) is 0 Å². The molecule has 0 saturated carbocycles. The van der Waals surface area contributed by atoms with E-state index >= 15 is 0 Å². The van der Waals surface area contributed by atoms with Gasteiger partial charge in [0.25, 0.3) is 10.8 Å². The van der Waals surface area contributed by atoms with Crippen LogP contribution in [0.25, 0.3) is 10.9 Å². The van der Waals surface area contributed by atoms with Gasteiger partial charge in [-0.15, -0.1) is 0 Å². The summed E-state index contributed by atoms with van der Waals surface area (Å²) in [5.41, 5.74) is 0.986. The predicted molar refractivity (Wildman–Crippen MR) is 59.5 cm³/mol. The highest BCUT2D eigenvalue weighted by Crippen LogP contribution is 2.19. The van der Waals surface area contributed by atoms with Crippen molar-refractivity contribution in [1.82, 2.24) is 4.98 Å². The first-order valence-electron chi connectivity index (χ1n) is 4.42. The highest BCUT2D eigenvalue weighted by molar-refractivity contribution is 6.68. The summed E-state index contributed by atoms with van der Waals surface area (Å²) in [6.45, 7) is 1.58. The number of rotatable bonds is 1. The Labute approximate surface area is 90.7 Å². The zero-order valence-corrected chi connectivity index (χ0v) is 8.76. The summed E-state index contributed by atoms with van der Waals surface area (Å²) >= 11 is 5.47. The third-order valence-corrected chi connectivity index (χ3v) is 2.55. The number of pyridine rings is 1. The average molecular weight is 222 g/mol. The standard InChI is InChI=1S/C11H8ClNO2/c1-6-9(10(12)14)7-4-2-3-5-8(7)13-11(6)15/h2-5H,1H3,(H,13,15). The summed E-state index contributed by atoms with van der Waals surface area (Å²) in [6, 6.07) is 7.08. The fourth-order valence-corrected chi connectivity index (χ4v) is 1.84. The monoisotopic (exact) mass is 221 g/mol. The number of H-pyrrole nitrogens is 1. The molecule has 2 aromatic rings. The van der Waals surface area contributed by atoms with Crippen molar-refractivity contribution in [3.8, 4) is 0 Å². The van der Waals surface area contributed by atoms with Crippen LogP contribution < -0.4 is 5.56 Å².